The molecule has 0 atom stereocenters. The number of hydrogen-bond acceptors (Lipinski definition) is 2. The fourth-order valence-corrected chi connectivity index (χ4v) is 1.55. The highest BCUT2D eigenvalue weighted by atomic mass is 16.3. The Morgan fingerprint density at radius 3 is 2.69 bits per heavy atom. The Morgan fingerprint density at radius 1 is 1.23 bits per heavy atom. The van der Waals surface area contributed by atoms with Crippen molar-refractivity contribution in [2.45, 2.75) is 0 Å². The molecular formula is C10H13N2O. The van der Waals surface area contributed by atoms with Crippen LogP contribution in [0.15, 0.2) is 24.3 Å². The number of piperazine rings is 1. The second kappa shape index (κ2) is 3.66. The molecule has 3 nitrogen and oxygen atoms in total. The van der Waals surface area contributed by atoms with E-state index < -0.39 is 0 Å². The van der Waals surface area contributed by atoms with Gasteiger partial charge >= 0.3 is 0 Å². The van der Waals surface area contributed by atoms with Crippen LogP contribution in [0.1, 0.15) is 0 Å². The second-order valence-corrected chi connectivity index (χ2v) is 3.18. The first-order chi connectivity index (χ1) is 6.36. The molecule has 0 saturated carbocycles. The van der Waals surface area contributed by atoms with Gasteiger partial charge in [0, 0.05) is 37.9 Å². The normalized spacial score (nSPS) is 17.4. The van der Waals surface area contributed by atoms with Gasteiger partial charge in [0.05, 0.1) is 0 Å². The predicted octanol–water partition coefficient (Wildman–Crippen LogP) is 0.817. The molecule has 0 aromatic heterocycles. The Balaban J connectivity index is 2.14. The summed E-state index contributed by atoms with van der Waals surface area (Å²) in [6, 6.07) is 7.38. The van der Waals surface area contributed by atoms with E-state index in [2.05, 4.69) is 10.2 Å². The first-order valence-corrected chi connectivity index (χ1v) is 4.53. The average molecular weight is 177 g/mol. The van der Waals surface area contributed by atoms with Crippen LogP contribution >= 0.6 is 0 Å². The van der Waals surface area contributed by atoms with Crippen molar-refractivity contribution in [2.75, 3.05) is 31.1 Å². The molecule has 1 radical (unpaired) electrons. The molecule has 1 aromatic carbocycles. The van der Waals surface area contributed by atoms with Crippen molar-refractivity contribution >= 4 is 5.69 Å². The molecular weight excluding hydrogens is 164 g/mol. The van der Waals surface area contributed by atoms with Crippen LogP contribution in [0.2, 0.25) is 0 Å². The number of aromatic hydroxyl groups is 1. The van der Waals surface area contributed by atoms with Crippen LogP contribution in [-0.4, -0.2) is 31.3 Å². The molecule has 1 heterocycles. The first-order valence-electron chi connectivity index (χ1n) is 4.53. The minimum atomic E-state index is 0.333. The van der Waals surface area contributed by atoms with E-state index in [1.165, 1.54) is 0 Å². The topological polar surface area (TPSA) is 37.6 Å². The molecule has 69 valence electrons. The first kappa shape index (κ1) is 8.38. The van der Waals surface area contributed by atoms with Crippen LogP contribution < -0.4 is 10.2 Å². The van der Waals surface area contributed by atoms with E-state index in [1.54, 1.807) is 12.1 Å². The highest BCUT2D eigenvalue weighted by Gasteiger charge is 2.10. The summed E-state index contributed by atoms with van der Waals surface area (Å²) in [7, 11) is 0. The van der Waals surface area contributed by atoms with Gasteiger partial charge in [-0.05, 0) is 12.1 Å². The summed E-state index contributed by atoms with van der Waals surface area (Å²) in [5, 5.41) is 13.6. The highest BCUT2D eigenvalue weighted by Crippen LogP contribution is 2.19. The van der Waals surface area contributed by atoms with Crippen molar-refractivity contribution < 1.29 is 5.11 Å². The molecule has 1 saturated heterocycles. The molecule has 1 aliphatic rings. The van der Waals surface area contributed by atoms with Crippen molar-refractivity contribution in [3.63, 3.8) is 0 Å². The molecule has 0 amide bonds. The third-order valence-corrected chi connectivity index (χ3v) is 2.25. The smallest absolute Gasteiger partial charge is 0.117 e. The summed E-state index contributed by atoms with van der Waals surface area (Å²) in [4.78, 5) is 2.24. The summed E-state index contributed by atoms with van der Waals surface area (Å²) in [5.74, 6) is 0.333. The maximum Gasteiger partial charge on any atom is 0.117 e. The lowest BCUT2D eigenvalue weighted by Gasteiger charge is -2.28. The summed E-state index contributed by atoms with van der Waals surface area (Å²) in [5.41, 5.74) is 1.09. The van der Waals surface area contributed by atoms with Crippen LogP contribution in [0.5, 0.6) is 5.75 Å². The summed E-state index contributed by atoms with van der Waals surface area (Å²) < 4.78 is 0. The van der Waals surface area contributed by atoms with E-state index in [1.807, 2.05) is 12.1 Å². The maximum absolute atomic E-state index is 9.29. The molecule has 3 heteroatoms. The van der Waals surface area contributed by atoms with E-state index >= 15 is 0 Å². The summed E-state index contributed by atoms with van der Waals surface area (Å²) in [6.07, 6.45) is 0. The minimum absolute atomic E-state index is 0.333. The van der Waals surface area contributed by atoms with Gasteiger partial charge in [-0.25, -0.2) is 5.32 Å². The van der Waals surface area contributed by atoms with Crippen molar-refractivity contribution in [1.82, 2.24) is 5.32 Å². The number of phenols is 1. The molecule has 0 spiro atoms. The van der Waals surface area contributed by atoms with Crippen molar-refractivity contribution in [3.05, 3.63) is 24.3 Å². The Bertz CT molecular complexity index is 282. The maximum atomic E-state index is 9.29. The van der Waals surface area contributed by atoms with Gasteiger partial charge in [-0.3, -0.25) is 0 Å². The van der Waals surface area contributed by atoms with Crippen molar-refractivity contribution in [2.24, 2.45) is 0 Å². The van der Waals surface area contributed by atoms with Crippen LogP contribution in [0.3, 0.4) is 0 Å². The standard InChI is InChI=1S/C10H13N2O/c13-10-3-1-2-9(8-10)12-6-4-11-5-7-12/h1-3,8,13H,4-7H2. The minimum Gasteiger partial charge on any atom is -0.508 e. The van der Waals surface area contributed by atoms with E-state index in [0.29, 0.717) is 5.75 Å². The molecule has 13 heavy (non-hydrogen) atoms. The van der Waals surface area contributed by atoms with E-state index in [0.717, 1.165) is 31.9 Å². The lowest BCUT2D eigenvalue weighted by atomic mass is 10.2. The van der Waals surface area contributed by atoms with Crippen molar-refractivity contribution in [3.8, 4) is 5.75 Å². The predicted molar refractivity (Wildman–Crippen MR) is 52.2 cm³/mol. The van der Waals surface area contributed by atoms with Crippen LogP contribution in [-0.2, 0) is 0 Å². The van der Waals surface area contributed by atoms with E-state index in [9.17, 15) is 5.11 Å². The third kappa shape index (κ3) is 1.92. The van der Waals surface area contributed by atoms with Gasteiger partial charge in [-0.1, -0.05) is 6.07 Å². The molecule has 1 fully saturated rings. The molecule has 1 aliphatic heterocycles. The number of hydrogen-bond donors (Lipinski definition) is 1. The molecule has 0 bridgehead atoms. The van der Waals surface area contributed by atoms with Crippen molar-refractivity contribution in [1.29, 1.82) is 0 Å². The fourth-order valence-electron chi connectivity index (χ4n) is 1.55. The fraction of sp³-hybridized carbons (Fsp3) is 0.400. The van der Waals surface area contributed by atoms with Crippen LogP contribution in [0, 0.1) is 0 Å². The van der Waals surface area contributed by atoms with Gasteiger partial charge in [0.15, 0.2) is 0 Å². The lowest BCUT2D eigenvalue weighted by Crippen LogP contribution is -2.40. The largest absolute Gasteiger partial charge is 0.508 e. The SMILES string of the molecule is Oc1cccc(N2CC[N]CC2)c1. The zero-order valence-corrected chi connectivity index (χ0v) is 7.48. The van der Waals surface area contributed by atoms with Gasteiger partial charge in [-0.2, -0.15) is 0 Å². The Kier molecular flexibility index (Phi) is 2.36. The van der Waals surface area contributed by atoms with E-state index in [4.69, 9.17) is 0 Å². The quantitative estimate of drug-likeness (QED) is 0.689. The molecule has 0 aliphatic carbocycles. The third-order valence-electron chi connectivity index (χ3n) is 2.25. The molecule has 1 N–H and O–H groups in total. The molecule has 1 aromatic rings. The Labute approximate surface area is 78.0 Å². The number of phenolic OH excluding ortho intramolecular Hbond substituents is 1. The number of nitrogens with zero attached hydrogens (tertiary/aromatic N) is 2. The van der Waals surface area contributed by atoms with Crippen LogP contribution in [0.25, 0.3) is 0 Å². The zero-order valence-electron chi connectivity index (χ0n) is 7.48. The Morgan fingerprint density at radius 2 is 2.00 bits per heavy atom. The summed E-state index contributed by atoms with van der Waals surface area (Å²) >= 11 is 0. The number of benzene rings is 1. The Hall–Kier alpha value is -1.22. The van der Waals surface area contributed by atoms with Crippen LogP contribution in [0.4, 0.5) is 5.69 Å². The van der Waals surface area contributed by atoms with Gasteiger partial charge in [0.1, 0.15) is 5.75 Å². The number of anilines is 1. The second-order valence-electron chi connectivity index (χ2n) is 3.18. The van der Waals surface area contributed by atoms with Gasteiger partial charge in [-0.15, -0.1) is 0 Å². The number of rotatable bonds is 1. The van der Waals surface area contributed by atoms with E-state index in [-0.39, 0.29) is 0 Å². The lowest BCUT2D eigenvalue weighted by molar-refractivity contribution is 0.474. The average Bonchev–Trinajstić information content (AvgIpc) is 2.19. The molecule has 2 rings (SSSR count). The van der Waals surface area contributed by atoms with Gasteiger partial charge in [0.25, 0.3) is 0 Å². The monoisotopic (exact) mass is 177 g/mol. The van der Waals surface area contributed by atoms with Gasteiger partial charge < -0.3 is 10.0 Å². The molecule has 0 unspecified atom stereocenters. The highest BCUT2D eigenvalue weighted by molar-refractivity contribution is 5.50. The van der Waals surface area contributed by atoms with Gasteiger partial charge in [0.2, 0.25) is 0 Å². The zero-order chi connectivity index (χ0) is 9.10. The summed E-state index contributed by atoms with van der Waals surface area (Å²) in [6.45, 7) is 3.72.